The van der Waals surface area contributed by atoms with E-state index >= 15 is 0 Å². The van der Waals surface area contributed by atoms with Crippen LogP contribution in [-0.2, 0) is 19.5 Å². The van der Waals surface area contributed by atoms with Crippen LogP contribution in [0, 0.1) is 0 Å². The number of halogens is 1. The molecule has 0 saturated carbocycles. The molecule has 0 bridgehead atoms. The Morgan fingerprint density at radius 2 is 2.16 bits per heavy atom. The third-order valence-electron chi connectivity index (χ3n) is 3.28. The first-order valence-corrected chi connectivity index (χ1v) is 7.43. The number of nitrogens with zero attached hydrogens (tertiary/aromatic N) is 3. The van der Waals surface area contributed by atoms with E-state index in [1.54, 1.807) is 6.92 Å². The summed E-state index contributed by atoms with van der Waals surface area (Å²) in [6.45, 7) is 7.60. The highest BCUT2D eigenvalue weighted by molar-refractivity contribution is 9.10. The van der Waals surface area contributed by atoms with Crippen LogP contribution >= 0.6 is 15.9 Å². The maximum absolute atomic E-state index is 9.56. The van der Waals surface area contributed by atoms with Crippen molar-refractivity contribution >= 4 is 15.9 Å². The van der Waals surface area contributed by atoms with Crippen LogP contribution in [0.5, 0.6) is 0 Å². The van der Waals surface area contributed by atoms with Crippen LogP contribution in [0.1, 0.15) is 43.8 Å². The summed E-state index contributed by atoms with van der Waals surface area (Å²) >= 11 is 3.65. The molecule has 4 nitrogen and oxygen atoms in total. The zero-order valence-corrected chi connectivity index (χ0v) is 13.2. The lowest BCUT2D eigenvalue weighted by molar-refractivity contribution is 0.199. The molecule has 0 amide bonds. The molecule has 0 aliphatic heterocycles. The minimum absolute atomic E-state index is 0.424. The van der Waals surface area contributed by atoms with Gasteiger partial charge in [0.2, 0.25) is 0 Å². The van der Waals surface area contributed by atoms with Crippen molar-refractivity contribution in [1.82, 2.24) is 14.3 Å². The monoisotopic (exact) mass is 325 g/mol. The van der Waals surface area contributed by atoms with Crippen LogP contribution in [0.3, 0.4) is 0 Å². The van der Waals surface area contributed by atoms with Gasteiger partial charge in [-0.05, 0) is 47.8 Å². The number of rotatable bonds is 5. The molecule has 0 aromatic carbocycles. The van der Waals surface area contributed by atoms with E-state index in [0.29, 0.717) is 0 Å². The van der Waals surface area contributed by atoms with Crippen molar-refractivity contribution in [2.24, 2.45) is 0 Å². The summed E-state index contributed by atoms with van der Waals surface area (Å²) in [4.78, 5) is 0. The van der Waals surface area contributed by atoms with Gasteiger partial charge in [-0.25, -0.2) is 0 Å². The van der Waals surface area contributed by atoms with E-state index in [0.717, 1.165) is 35.2 Å². The predicted molar refractivity (Wildman–Crippen MR) is 79.1 cm³/mol. The second-order valence-electron chi connectivity index (χ2n) is 4.67. The van der Waals surface area contributed by atoms with Crippen LogP contribution in [0.25, 0.3) is 0 Å². The van der Waals surface area contributed by atoms with Gasteiger partial charge in [0.1, 0.15) is 0 Å². The van der Waals surface area contributed by atoms with E-state index in [9.17, 15) is 5.11 Å². The quantitative estimate of drug-likeness (QED) is 0.917. The molecule has 0 saturated heterocycles. The second-order valence-corrected chi connectivity index (χ2v) is 5.46. The lowest BCUT2D eigenvalue weighted by Gasteiger charge is -2.07. The van der Waals surface area contributed by atoms with Crippen molar-refractivity contribution in [2.75, 3.05) is 0 Å². The summed E-state index contributed by atoms with van der Waals surface area (Å²) in [6.07, 6.45) is 4.47. The molecule has 2 heterocycles. The van der Waals surface area contributed by atoms with E-state index in [2.05, 4.69) is 39.4 Å². The maximum Gasteiger partial charge on any atom is 0.0776 e. The molecule has 1 N–H and O–H groups in total. The Morgan fingerprint density at radius 1 is 1.42 bits per heavy atom. The first-order chi connectivity index (χ1) is 9.06. The zero-order chi connectivity index (χ0) is 14.0. The van der Waals surface area contributed by atoms with Crippen LogP contribution in [-0.4, -0.2) is 19.5 Å². The van der Waals surface area contributed by atoms with Crippen molar-refractivity contribution in [2.45, 2.75) is 46.4 Å². The van der Waals surface area contributed by atoms with Crippen molar-refractivity contribution in [3.8, 4) is 0 Å². The van der Waals surface area contributed by atoms with Crippen molar-refractivity contribution in [3.63, 3.8) is 0 Å². The topological polar surface area (TPSA) is 43.0 Å². The number of aliphatic hydroxyl groups excluding tert-OH is 1. The fraction of sp³-hybridized carbons (Fsp3) is 0.500. The molecule has 19 heavy (non-hydrogen) atoms. The van der Waals surface area contributed by atoms with Gasteiger partial charge in [0, 0.05) is 18.9 Å². The normalized spacial score (nSPS) is 12.9. The van der Waals surface area contributed by atoms with Gasteiger partial charge >= 0.3 is 0 Å². The molecule has 1 unspecified atom stereocenters. The summed E-state index contributed by atoms with van der Waals surface area (Å²) in [6, 6.07) is 1.95. The van der Waals surface area contributed by atoms with E-state index in [1.165, 1.54) is 5.69 Å². The molecule has 2 aromatic heterocycles. The molecular weight excluding hydrogens is 306 g/mol. The molecule has 5 heteroatoms. The fourth-order valence-corrected chi connectivity index (χ4v) is 2.84. The number of aromatic nitrogens is 3. The largest absolute Gasteiger partial charge is 0.389 e. The van der Waals surface area contributed by atoms with Crippen molar-refractivity contribution in [1.29, 1.82) is 0 Å². The Labute approximate surface area is 122 Å². The number of aliphatic hydroxyl groups is 1. The van der Waals surface area contributed by atoms with E-state index in [1.807, 2.05) is 23.1 Å². The summed E-state index contributed by atoms with van der Waals surface area (Å²) in [5.74, 6) is 0. The first kappa shape index (κ1) is 14.3. The molecular formula is C14H20BrN3O. The molecule has 2 aromatic rings. The van der Waals surface area contributed by atoms with Crippen molar-refractivity contribution < 1.29 is 5.11 Å². The van der Waals surface area contributed by atoms with Gasteiger partial charge < -0.3 is 9.67 Å². The zero-order valence-electron chi connectivity index (χ0n) is 11.6. The lowest BCUT2D eigenvalue weighted by Crippen LogP contribution is -2.07. The van der Waals surface area contributed by atoms with Crippen LogP contribution in [0.4, 0.5) is 0 Å². The van der Waals surface area contributed by atoms with Gasteiger partial charge in [-0.3, -0.25) is 4.68 Å². The number of hydrogen-bond donors (Lipinski definition) is 1. The molecule has 0 spiro atoms. The Kier molecular flexibility index (Phi) is 4.47. The fourth-order valence-electron chi connectivity index (χ4n) is 2.15. The molecule has 1 atom stereocenters. The van der Waals surface area contributed by atoms with Gasteiger partial charge in [-0.1, -0.05) is 6.92 Å². The molecule has 104 valence electrons. The highest BCUT2D eigenvalue weighted by Crippen LogP contribution is 2.24. The SMILES string of the molecule is CCc1nn(CC)c(Cn2ccc(C(C)O)c2)c1Br. The third kappa shape index (κ3) is 2.92. The van der Waals surface area contributed by atoms with Gasteiger partial charge in [-0.15, -0.1) is 0 Å². The van der Waals surface area contributed by atoms with Crippen LogP contribution < -0.4 is 0 Å². The molecule has 0 aliphatic carbocycles. The minimum atomic E-state index is -0.424. The second kappa shape index (κ2) is 5.92. The highest BCUT2D eigenvalue weighted by atomic mass is 79.9. The maximum atomic E-state index is 9.56. The Balaban J connectivity index is 2.29. The molecule has 0 fully saturated rings. The summed E-state index contributed by atoms with van der Waals surface area (Å²) in [5, 5.41) is 14.2. The van der Waals surface area contributed by atoms with E-state index < -0.39 is 6.10 Å². The Morgan fingerprint density at radius 3 is 2.68 bits per heavy atom. The van der Waals surface area contributed by atoms with Crippen LogP contribution in [0.15, 0.2) is 22.9 Å². The van der Waals surface area contributed by atoms with Gasteiger partial charge in [0.15, 0.2) is 0 Å². The summed E-state index contributed by atoms with van der Waals surface area (Å²) in [5.41, 5.74) is 3.21. The minimum Gasteiger partial charge on any atom is -0.389 e. The van der Waals surface area contributed by atoms with Gasteiger partial charge in [-0.2, -0.15) is 5.10 Å². The van der Waals surface area contributed by atoms with Crippen LogP contribution in [0.2, 0.25) is 0 Å². The first-order valence-electron chi connectivity index (χ1n) is 6.64. The highest BCUT2D eigenvalue weighted by Gasteiger charge is 2.14. The average molecular weight is 326 g/mol. The van der Waals surface area contributed by atoms with Crippen molar-refractivity contribution in [3.05, 3.63) is 39.9 Å². The molecule has 0 radical (unpaired) electrons. The summed E-state index contributed by atoms with van der Waals surface area (Å²) in [7, 11) is 0. The average Bonchev–Trinajstić information content (AvgIpc) is 2.96. The third-order valence-corrected chi connectivity index (χ3v) is 4.20. The Bertz CT molecular complexity index is 557. The van der Waals surface area contributed by atoms with Gasteiger partial charge in [0.25, 0.3) is 0 Å². The van der Waals surface area contributed by atoms with E-state index in [4.69, 9.17) is 0 Å². The lowest BCUT2D eigenvalue weighted by atomic mass is 10.2. The predicted octanol–water partition coefficient (Wildman–Crippen LogP) is 3.13. The number of aryl methyl sites for hydroxylation is 2. The number of hydrogen-bond acceptors (Lipinski definition) is 2. The summed E-state index contributed by atoms with van der Waals surface area (Å²) < 4.78 is 5.21. The van der Waals surface area contributed by atoms with E-state index in [-0.39, 0.29) is 0 Å². The van der Waals surface area contributed by atoms with Gasteiger partial charge in [0.05, 0.1) is 28.5 Å². The Hall–Kier alpha value is -1.07. The standard InChI is InChI=1S/C14H20BrN3O/c1-4-12-14(15)13(18(5-2)16-12)9-17-7-6-11(8-17)10(3)19/h6-8,10,19H,4-5,9H2,1-3H3. The molecule has 2 rings (SSSR count). The smallest absolute Gasteiger partial charge is 0.0776 e. The molecule has 0 aliphatic rings.